The van der Waals surface area contributed by atoms with Gasteiger partial charge in [0.05, 0.1) is 23.1 Å². The molecule has 1 aromatic carbocycles. The molecular formula is C15H14N4O. The zero-order valence-corrected chi connectivity index (χ0v) is 11.4. The first-order valence-corrected chi connectivity index (χ1v) is 6.38. The van der Waals surface area contributed by atoms with E-state index in [0.29, 0.717) is 11.3 Å². The van der Waals surface area contributed by atoms with Crippen LogP contribution in [-0.2, 0) is 13.5 Å². The standard InChI is InChI=1S/C15H14N4O/c1-10-17-13-8-11(5-6-14(13)19(10)2)15(20)9-12-4-3-7-16-18-12/h3-8H,9H2,1-2H3. The number of carbonyl (C=O) groups is 1. The summed E-state index contributed by atoms with van der Waals surface area (Å²) in [6.07, 6.45) is 1.85. The average molecular weight is 266 g/mol. The average Bonchev–Trinajstić information content (AvgIpc) is 2.74. The molecular weight excluding hydrogens is 252 g/mol. The topological polar surface area (TPSA) is 60.7 Å². The highest BCUT2D eigenvalue weighted by atomic mass is 16.1. The van der Waals surface area contributed by atoms with E-state index in [0.717, 1.165) is 16.9 Å². The maximum atomic E-state index is 12.2. The van der Waals surface area contributed by atoms with Gasteiger partial charge in [-0.15, -0.1) is 0 Å². The zero-order valence-electron chi connectivity index (χ0n) is 11.4. The minimum absolute atomic E-state index is 0.0238. The maximum Gasteiger partial charge on any atom is 0.168 e. The Morgan fingerprint density at radius 3 is 2.90 bits per heavy atom. The summed E-state index contributed by atoms with van der Waals surface area (Å²) in [6, 6.07) is 9.18. The number of rotatable bonds is 3. The van der Waals surface area contributed by atoms with Crippen LogP contribution in [0.15, 0.2) is 36.5 Å². The van der Waals surface area contributed by atoms with Crippen LogP contribution in [0.3, 0.4) is 0 Å². The Morgan fingerprint density at radius 1 is 1.30 bits per heavy atom. The van der Waals surface area contributed by atoms with Crippen LogP contribution in [0.25, 0.3) is 11.0 Å². The lowest BCUT2D eigenvalue weighted by Gasteiger charge is -2.01. The summed E-state index contributed by atoms with van der Waals surface area (Å²) in [5.74, 6) is 0.953. The van der Waals surface area contributed by atoms with E-state index in [1.54, 1.807) is 18.3 Å². The summed E-state index contributed by atoms with van der Waals surface area (Å²) in [7, 11) is 1.96. The van der Waals surface area contributed by atoms with Crippen molar-refractivity contribution in [2.45, 2.75) is 13.3 Å². The molecule has 0 unspecified atom stereocenters. The van der Waals surface area contributed by atoms with Crippen LogP contribution < -0.4 is 0 Å². The molecule has 0 aliphatic rings. The van der Waals surface area contributed by atoms with Crippen molar-refractivity contribution in [2.24, 2.45) is 7.05 Å². The number of ketones is 1. The molecule has 2 heterocycles. The van der Waals surface area contributed by atoms with E-state index in [9.17, 15) is 4.79 Å². The second-order valence-electron chi connectivity index (χ2n) is 4.74. The monoisotopic (exact) mass is 266 g/mol. The zero-order chi connectivity index (χ0) is 14.1. The summed E-state index contributed by atoms with van der Waals surface area (Å²) in [5, 5.41) is 7.71. The lowest BCUT2D eigenvalue weighted by molar-refractivity contribution is 0.0992. The van der Waals surface area contributed by atoms with Gasteiger partial charge < -0.3 is 4.57 Å². The normalized spacial score (nSPS) is 10.9. The molecule has 0 aliphatic heterocycles. The molecule has 0 saturated heterocycles. The first-order valence-electron chi connectivity index (χ1n) is 6.38. The fourth-order valence-corrected chi connectivity index (χ4v) is 2.19. The maximum absolute atomic E-state index is 12.2. The summed E-state index contributed by atoms with van der Waals surface area (Å²) in [5.41, 5.74) is 3.20. The van der Waals surface area contributed by atoms with Gasteiger partial charge in [-0.25, -0.2) is 4.98 Å². The summed E-state index contributed by atoms with van der Waals surface area (Å²) in [6.45, 7) is 1.95. The Balaban J connectivity index is 1.92. The van der Waals surface area contributed by atoms with Crippen molar-refractivity contribution in [3.8, 4) is 0 Å². The first kappa shape index (κ1) is 12.5. The molecule has 3 rings (SSSR count). The molecule has 0 N–H and O–H groups in total. The van der Waals surface area contributed by atoms with Gasteiger partial charge in [-0.3, -0.25) is 4.79 Å². The van der Waals surface area contributed by atoms with Gasteiger partial charge >= 0.3 is 0 Å². The first-order chi connectivity index (χ1) is 9.65. The van der Waals surface area contributed by atoms with Crippen LogP contribution in [0.5, 0.6) is 0 Å². The van der Waals surface area contributed by atoms with E-state index in [-0.39, 0.29) is 12.2 Å². The minimum Gasteiger partial charge on any atom is -0.331 e. The van der Waals surface area contributed by atoms with Crippen molar-refractivity contribution >= 4 is 16.8 Å². The van der Waals surface area contributed by atoms with Crippen molar-refractivity contribution < 1.29 is 4.79 Å². The lowest BCUT2D eigenvalue weighted by atomic mass is 10.1. The molecule has 5 heteroatoms. The van der Waals surface area contributed by atoms with E-state index >= 15 is 0 Å². The number of benzene rings is 1. The number of Topliss-reactive ketones (excluding diaryl/α,β-unsaturated/α-hetero) is 1. The Bertz CT molecular complexity index is 777. The molecule has 100 valence electrons. The van der Waals surface area contributed by atoms with Crippen LogP contribution >= 0.6 is 0 Å². The van der Waals surface area contributed by atoms with Gasteiger partial charge in [0.15, 0.2) is 5.78 Å². The van der Waals surface area contributed by atoms with Gasteiger partial charge in [0.2, 0.25) is 0 Å². The Morgan fingerprint density at radius 2 is 2.15 bits per heavy atom. The number of hydrogen-bond donors (Lipinski definition) is 0. The molecule has 2 aromatic heterocycles. The van der Waals surface area contributed by atoms with E-state index in [2.05, 4.69) is 15.2 Å². The largest absolute Gasteiger partial charge is 0.331 e. The lowest BCUT2D eigenvalue weighted by Crippen LogP contribution is -2.05. The molecule has 0 fully saturated rings. The second-order valence-corrected chi connectivity index (χ2v) is 4.74. The van der Waals surface area contributed by atoms with Gasteiger partial charge in [-0.05, 0) is 37.3 Å². The van der Waals surface area contributed by atoms with Crippen molar-refractivity contribution in [1.29, 1.82) is 0 Å². The predicted octanol–water partition coefficient (Wildman–Crippen LogP) is 2.10. The predicted molar refractivity (Wildman–Crippen MR) is 75.5 cm³/mol. The van der Waals surface area contributed by atoms with Crippen molar-refractivity contribution in [3.05, 3.63) is 53.6 Å². The van der Waals surface area contributed by atoms with Crippen LogP contribution in [0.4, 0.5) is 0 Å². The molecule has 0 atom stereocenters. The third-order valence-electron chi connectivity index (χ3n) is 3.40. The minimum atomic E-state index is 0.0238. The molecule has 0 radical (unpaired) electrons. The number of imidazole rings is 1. The fraction of sp³-hybridized carbons (Fsp3) is 0.200. The number of hydrogen-bond acceptors (Lipinski definition) is 4. The van der Waals surface area contributed by atoms with Crippen molar-refractivity contribution in [3.63, 3.8) is 0 Å². The van der Waals surface area contributed by atoms with E-state index in [4.69, 9.17) is 0 Å². The third-order valence-corrected chi connectivity index (χ3v) is 3.40. The number of aromatic nitrogens is 4. The summed E-state index contributed by atoms with van der Waals surface area (Å²) >= 11 is 0. The molecule has 0 aliphatic carbocycles. The van der Waals surface area contributed by atoms with E-state index in [1.165, 1.54) is 0 Å². The highest BCUT2D eigenvalue weighted by Crippen LogP contribution is 2.17. The highest BCUT2D eigenvalue weighted by molar-refractivity contribution is 5.99. The van der Waals surface area contributed by atoms with Gasteiger partial charge in [-0.2, -0.15) is 10.2 Å². The number of nitrogens with zero attached hydrogens (tertiary/aromatic N) is 4. The fourth-order valence-electron chi connectivity index (χ4n) is 2.19. The smallest absolute Gasteiger partial charge is 0.168 e. The molecule has 3 aromatic rings. The molecule has 20 heavy (non-hydrogen) atoms. The highest BCUT2D eigenvalue weighted by Gasteiger charge is 2.11. The van der Waals surface area contributed by atoms with Crippen LogP contribution in [0.1, 0.15) is 21.9 Å². The summed E-state index contributed by atoms with van der Waals surface area (Å²) < 4.78 is 2.01. The molecule has 0 spiro atoms. The van der Waals surface area contributed by atoms with Gasteiger partial charge in [0, 0.05) is 18.8 Å². The Hall–Kier alpha value is -2.56. The van der Waals surface area contributed by atoms with Crippen molar-refractivity contribution in [2.75, 3.05) is 0 Å². The number of carbonyl (C=O) groups excluding carboxylic acids is 1. The van der Waals surface area contributed by atoms with Crippen LogP contribution in [0.2, 0.25) is 0 Å². The SMILES string of the molecule is Cc1nc2cc(C(=O)Cc3cccnn3)ccc2n1C. The van der Waals surface area contributed by atoms with Gasteiger partial charge in [0.1, 0.15) is 5.82 Å². The van der Waals surface area contributed by atoms with Crippen LogP contribution in [0, 0.1) is 6.92 Å². The number of fused-ring (bicyclic) bond motifs is 1. The quantitative estimate of drug-likeness (QED) is 0.681. The third kappa shape index (κ3) is 2.18. The van der Waals surface area contributed by atoms with Gasteiger partial charge in [0.25, 0.3) is 0 Å². The molecule has 0 amide bonds. The molecule has 0 saturated carbocycles. The van der Waals surface area contributed by atoms with E-state index in [1.807, 2.05) is 36.7 Å². The van der Waals surface area contributed by atoms with Crippen LogP contribution in [-0.4, -0.2) is 25.5 Å². The van der Waals surface area contributed by atoms with E-state index < -0.39 is 0 Å². The Labute approximate surface area is 116 Å². The Kier molecular flexibility index (Phi) is 3.02. The molecule has 5 nitrogen and oxygen atoms in total. The number of aryl methyl sites for hydroxylation is 2. The van der Waals surface area contributed by atoms with Crippen molar-refractivity contribution in [1.82, 2.24) is 19.7 Å². The molecule has 0 bridgehead atoms. The summed E-state index contributed by atoms with van der Waals surface area (Å²) in [4.78, 5) is 16.7. The van der Waals surface area contributed by atoms with Gasteiger partial charge in [-0.1, -0.05) is 0 Å². The second kappa shape index (κ2) is 4.85.